The number of tetrazole rings is 1. The molecule has 0 bridgehead atoms. The average Bonchev–Trinajstić information content (AvgIpc) is 3.87. The molecule has 3 aromatic heterocycles. The molecule has 1 atom stereocenters. The van der Waals surface area contributed by atoms with E-state index in [1.54, 1.807) is 41.1 Å². The Labute approximate surface area is 279 Å². The first-order valence-corrected chi connectivity index (χ1v) is 15.4. The molecule has 250 valence electrons. The van der Waals surface area contributed by atoms with E-state index in [1.807, 2.05) is 31.2 Å². The molecular weight excluding hydrogens is 644 g/mol. The van der Waals surface area contributed by atoms with Crippen molar-refractivity contribution in [1.29, 1.82) is 0 Å². The van der Waals surface area contributed by atoms with Crippen LogP contribution in [0.2, 0.25) is 5.02 Å². The summed E-state index contributed by atoms with van der Waals surface area (Å²) in [6.07, 6.45) is 3.57. The molecule has 3 N–H and O–H groups in total. The van der Waals surface area contributed by atoms with Gasteiger partial charge >= 0.3 is 6.09 Å². The van der Waals surface area contributed by atoms with Gasteiger partial charge in [0.15, 0.2) is 0 Å². The van der Waals surface area contributed by atoms with Crippen molar-refractivity contribution in [3.05, 3.63) is 94.0 Å². The maximum atomic E-state index is 13.5. The van der Waals surface area contributed by atoms with E-state index in [9.17, 15) is 14.7 Å². The second-order valence-corrected chi connectivity index (χ2v) is 10.9. The van der Waals surface area contributed by atoms with E-state index in [2.05, 4.69) is 25.5 Å². The molecule has 5 aromatic rings. The summed E-state index contributed by atoms with van der Waals surface area (Å²) >= 11 is 6.32. The number of fused-ring (bicyclic) bond motifs is 1. The third kappa shape index (κ3) is 7.76. The first kappa shape index (κ1) is 34.0. The molecule has 0 saturated heterocycles. The van der Waals surface area contributed by atoms with Gasteiger partial charge in [-0.1, -0.05) is 23.7 Å². The molecule has 6 rings (SSSR count). The Balaban J connectivity index is 0.00000145. The molecule has 0 radical (unpaired) electrons. The van der Waals surface area contributed by atoms with Crippen LogP contribution >= 0.6 is 11.6 Å². The SMILES string of the molecule is CCOCCOCCN(C(=O)O)c1ccc(-c2cnc([C@@H]3CCc4cc(-c5cc(Cl)ccc5-n5cnnn5)cc(=O)n43)[nH]2)cc1.O=CO. The van der Waals surface area contributed by atoms with Gasteiger partial charge < -0.3 is 29.2 Å². The number of nitrogens with zero attached hydrogens (tertiary/aromatic N) is 7. The van der Waals surface area contributed by atoms with Crippen LogP contribution in [0.5, 0.6) is 0 Å². The number of carbonyl (C=O) groups is 2. The highest BCUT2D eigenvalue weighted by Crippen LogP contribution is 2.34. The third-order valence-electron chi connectivity index (χ3n) is 7.67. The normalized spacial score (nSPS) is 13.4. The van der Waals surface area contributed by atoms with Crippen molar-refractivity contribution >= 4 is 29.9 Å². The van der Waals surface area contributed by atoms with Crippen molar-refractivity contribution in [2.45, 2.75) is 25.8 Å². The number of hydrogen-bond acceptors (Lipinski definition) is 9. The van der Waals surface area contributed by atoms with Gasteiger partial charge in [-0.3, -0.25) is 14.5 Å². The number of amides is 1. The van der Waals surface area contributed by atoms with Crippen LogP contribution in [0.25, 0.3) is 28.1 Å². The summed E-state index contributed by atoms with van der Waals surface area (Å²) in [6, 6.07) is 15.9. The van der Waals surface area contributed by atoms with Gasteiger partial charge in [-0.15, -0.1) is 5.10 Å². The van der Waals surface area contributed by atoms with E-state index in [1.165, 1.54) is 15.9 Å². The summed E-state index contributed by atoms with van der Waals surface area (Å²) < 4.78 is 14.0. The van der Waals surface area contributed by atoms with E-state index in [0.717, 1.165) is 28.1 Å². The molecule has 0 aliphatic carbocycles. The van der Waals surface area contributed by atoms with Gasteiger partial charge in [0, 0.05) is 34.6 Å². The lowest BCUT2D eigenvalue weighted by Crippen LogP contribution is -2.32. The summed E-state index contributed by atoms with van der Waals surface area (Å²) in [4.78, 5) is 43.0. The number of aromatic amines is 1. The zero-order chi connectivity index (χ0) is 34.0. The lowest BCUT2D eigenvalue weighted by Gasteiger charge is -2.19. The number of hydrogen-bond donors (Lipinski definition) is 3. The van der Waals surface area contributed by atoms with Crippen LogP contribution < -0.4 is 10.5 Å². The topological polar surface area (TPSA) is 191 Å². The van der Waals surface area contributed by atoms with E-state index in [-0.39, 0.29) is 31.2 Å². The van der Waals surface area contributed by atoms with Gasteiger partial charge in [-0.2, -0.15) is 4.68 Å². The van der Waals surface area contributed by atoms with Crippen LogP contribution in [0.4, 0.5) is 10.5 Å². The highest BCUT2D eigenvalue weighted by molar-refractivity contribution is 6.31. The van der Waals surface area contributed by atoms with Gasteiger partial charge in [-0.05, 0) is 77.7 Å². The first-order chi connectivity index (χ1) is 23.3. The predicted molar refractivity (Wildman–Crippen MR) is 176 cm³/mol. The van der Waals surface area contributed by atoms with E-state index < -0.39 is 6.09 Å². The van der Waals surface area contributed by atoms with E-state index >= 15 is 0 Å². The molecular formula is C32H33ClN8O7. The maximum Gasteiger partial charge on any atom is 0.411 e. The number of nitrogens with one attached hydrogen (secondary N) is 1. The van der Waals surface area contributed by atoms with E-state index in [4.69, 9.17) is 31.0 Å². The number of aromatic nitrogens is 7. The van der Waals surface area contributed by atoms with Gasteiger partial charge in [0.25, 0.3) is 12.0 Å². The zero-order valence-electron chi connectivity index (χ0n) is 25.9. The predicted octanol–water partition coefficient (Wildman–Crippen LogP) is 4.31. The van der Waals surface area contributed by atoms with Gasteiger partial charge in [0.05, 0.1) is 50.0 Å². The molecule has 48 heavy (non-hydrogen) atoms. The van der Waals surface area contributed by atoms with Crippen molar-refractivity contribution < 1.29 is 29.3 Å². The fourth-order valence-corrected chi connectivity index (χ4v) is 5.72. The van der Waals surface area contributed by atoms with Crippen molar-refractivity contribution in [3.63, 3.8) is 0 Å². The second-order valence-electron chi connectivity index (χ2n) is 10.5. The summed E-state index contributed by atoms with van der Waals surface area (Å²) in [5.74, 6) is 0.677. The maximum absolute atomic E-state index is 13.5. The number of benzene rings is 2. The smallest absolute Gasteiger partial charge is 0.411 e. The Kier molecular flexibility index (Phi) is 11.3. The highest BCUT2D eigenvalue weighted by atomic mass is 35.5. The highest BCUT2D eigenvalue weighted by Gasteiger charge is 2.28. The number of ether oxygens (including phenoxy) is 2. The van der Waals surface area contributed by atoms with Gasteiger partial charge in [0.1, 0.15) is 12.2 Å². The number of carboxylic acid groups (broad SMARTS) is 2. The molecule has 16 heteroatoms. The van der Waals surface area contributed by atoms with Crippen molar-refractivity contribution in [2.75, 3.05) is 37.9 Å². The van der Waals surface area contributed by atoms with Crippen molar-refractivity contribution in [3.8, 4) is 28.1 Å². The standard InChI is InChI=1S/C31H31ClN8O5.CH2O2/c1-2-44-13-14-45-12-11-38(31(42)43)23-6-3-20(4-7-23)26-18-33-30(35-26)28-10-8-24-15-21(16-29(41)40(24)28)25-17-22(32)5-9-27(25)39-19-34-36-37-39;2-1-3/h3-7,9,15-19,28H,2,8,10-14H2,1H3,(H,33,35)(H,42,43);1H,(H,2,3)/t28-;/m0./s1. The molecule has 1 amide bonds. The first-order valence-electron chi connectivity index (χ1n) is 15.0. The summed E-state index contributed by atoms with van der Waals surface area (Å²) in [7, 11) is 0. The lowest BCUT2D eigenvalue weighted by molar-refractivity contribution is -0.122. The van der Waals surface area contributed by atoms with Crippen LogP contribution in [-0.4, -0.2) is 90.5 Å². The van der Waals surface area contributed by atoms with Gasteiger partial charge in [0.2, 0.25) is 0 Å². The minimum atomic E-state index is -1.06. The second kappa shape index (κ2) is 15.9. The van der Waals surface area contributed by atoms with Crippen molar-refractivity contribution in [1.82, 2.24) is 34.7 Å². The molecule has 15 nitrogen and oxygen atoms in total. The van der Waals surface area contributed by atoms with Crippen molar-refractivity contribution in [2.24, 2.45) is 0 Å². The molecule has 0 unspecified atom stereocenters. The fourth-order valence-electron chi connectivity index (χ4n) is 5.55. The number of imidazole rings is 1. The minimum Gasteiger partial charge on any atom is -0.483 e. The number of H-pyrrole nitrogens is 1. The molecule has 4 heterocycles. The molecule has 1 aliphatic rings. The Bertz CT molecular complexity index is 1890. The fraction of sp³-hybridized carbons (Fsp3) is 0.281. The Morgan fingerprint density at radius 3 is 2.58 bits per heavy atom. The minimum absolute atomic E-state index is 0.148. The molecule has 1 aliphatic heterocycles. The quantitative estimate of drug-likeness (QED) is 0.126. The third-order valence-corrected chi connectivity index (χ3v) is 7.90. The monoisotopic (exact) mass is 676 g/mol. The Morgan fingerprint density at radius 2 is 1.88 bits per heavy atom. The van der Waals surface area contributed by atoms with E-state index in [0.29, 0.717) is 54.9 Å². The summed E-state index contributed by atoms with van der Waals surface area (Å²) in [5.41, 5.74) is 5.07. The molecule has 0 spiro atoms. The Hall–Kier alpha value is -5.38. The Morgan fingerprint density at radius 1 is 1.10 bits per heavy atom. The zero-order valence-corrected chi connectivity index (χ0v) is 26.7. The number of aryl methyl sites for hydroxylation is 1. The van der Waals surface area contributed by atoms with Crippen LogP contribution in [0, 0.1) is 0 Å². The van der Waals surface area contributed by atoms with Crippen LogP contribution in [-0.2, 0) is 20.7 Å². The summed E-state index contributed by atoms with van der Waals surface area (Å²) in [5, 5.41) is 28.6. The number of rotatable bonds is 12. The van der Waals surface area contributed by atoms with Crippen LogP contribution in [0.1, 0.15) is 30.9 Å². The number of halogens is 1. The largest absolute Gasteiger partial charge is 0.483 e. The summed E-state index contributed by atoms with van der Waals surface area (Å²) in [6.45, 7) is 3.60. The van der Waals surface area contributed by atoms with Gasteiger partial charge in [-0.25, -0.2) is 9.78 Å². The number of pyridine rings is 1. The molecule has 0 fully saturated rings. The van der Waals surface area contributed by atoms with Crippen LogP contribution in [0.3, 0.4) is 0 Å². The molecule has 2 aromatic carbocycles. The molecule has 0 saturated carbocycles. The number of anilines is 1. The average molecular weight is 677 g/mol. The lowest BCUT2D eigenvalue weighted by atomic mass is 10.0. The van der Waals surface area contributed by atoms with Crippen LogP contribution in [0.15, 0.2) is 71.9 Å².